The van der Waals surface area contributed by atoms with Crippen molar-refractivity contribution in [2.24, 2.45) is 0 Å². The van der Waals surface area contributed by atoms with Crippen molar-refractivity contribution in [1.82, 2.24) is 15.5 Å². The lowest BCUT2D eigenvalue weighted by atomic mass is 10.0. The molecule has 0 spiro atoms. The van der Waals surface area contributed by atoms with Gasteiger partial charge < -0.3 is 20.3 Å². The smallest absolute Gasteiger partial charge is 0.407 e. The van der Waals surface area contributed by atoms with E-state index in [4.69, 9.17) is 4.74 Å². The second-order valence-corrected chi connectivity index (χ2v) is 8.57. The number of carbonyl (C=O) groups excluding carboxylic acids is 3. The SMILES string of the molecule is Cc1cccc(CC(=O)N2CCC(NC(=O)CCNC(=O)OC(C)(C)C)CC2)c1. The van der Waals surface area contributed by atoms with Gasteiger partial charge >= 0.3 is 6.09 Å². The molecule has 2 N–H and O–H groups in total. The molecule has 1 aliphatic rings. The molecule has 0 aliphatic carbocycles. The number of likely N-dealkylation sites (tertiary alicyclic amines) is 1. The average Bonchev–Trinajstić information content (AvgIpc) is 2.60. The molecule has 0 aromatic heterocycles. The summed E-state index contributed by atoms with van der Waals surface area (Å²) in [5, 5.41) is 5.57. The predicted octanol–water partition coefficient (Wildman–Crippen LogP) is 2.56. The molecule has 1 aromatic carbocycles. The third-order valence-electron chi connectivity index (χ3n) is 4.67. The maximum Gasteiger partial charge on any atom is 0.407 e. The third kappa shape index (κ3) is 8.54. The highest BCUT2D eigenvalue weighted by atomic mass is 16.6. The number of nitrogens with one attached hydrogen (secondary N) is 2. The van der Waals surface area contributed by atoms with Crippen LogP contribution in [0.15, 0.2) is 24.3 Å². The molecule has 1 fully saturated rings. The zero-order chi connectivity index (χ0) is 21.4. The molecule has 7 nitrogen and oxygen atoms in total. The Balaban J connectivity index is 1.65. The Hall–Kier alpha value is -2.57. The normalized spacial score (nSPS) is 15.0. The largest absolute Gasteiger partial charge is 0.444 e. The van der Waals surface area contributed by atoms with Crippen molar-refractivity contribution in [1.29, 1.82) is 0 Å². The summed E-state index contributed by atoms with van der Waals surface area (Å²) in [6.07, 6.45) is 1.57. The predicted molar refractivity (Wildman–Crippen MR) is 111 cm³/mol. The average molecular weight is 404 g/mol. The standard InChI is InChI=1S/C22H33N3O4/c1-16-6-5-7-17(14-16)15-20(27)25-12-9-18(10-13-25)24-19(26)8-11-23-21(28)29-22(2,3)4/h5-7,14,18H,8-13,15H2,1-4H3,(H,23,28)(H,24,26). The van der Waals surface area contributed by atoms with Gasteiger partial charge in [-0.2, -0.15) is 0 Å². The molecule has 0 bridgehead atoms. The maximum absolute atomic E-state index is 12.5. The summed E-state index contributed by atoms with van der Waals surface area (Å²) in [4.78, 5) is 38.0. The van der Waals surface area contributed by atoms with Crippen LogP contribution in [0, 0.1) is 6.92 Å². The van der Waals surface area contributed by atoms with Gasteiger partial charge in [-0.1, -0.05) is 29.8 Å². The summed E-state index contributed by atoms with van der Waals surface area (Å²) < 4.78 is 5.13. The van der Waals surface area contributed by atoms with Crippen LogP contribution in [-0.2, 0) is 20.7 Å². The number of carbonyl (C=O) groups is 3. The minimum atomic E-state index is -0.558. The summed E-state index contributed by atoms with van der Waals surface area (Å²) in [7, 11) is 0. The summed E-state index contributed by atoms with van der Waals surface area (Å²) in [5.41, 5.74) is 1.62. The number of hydrogen-bond acceptors (Lipinski definition) is 4. The van der Waals surface area contributed by atoms with Crippen molar-refractivity contribution >= 4 is 17.9 Å². The molecule has 1 aromatic rings. The topological polar surface area (TPSA) is 87.7 Å². The van der Waals surface area contributed by atoms with Crippen molar-refractivity contribution in [2.75, 3.05) is 19.6 Å². The highest BCUT2D eigenvalue weighted by molar-refractivity contribution is 5.79. The number of amides is 3. The van der Waals surface area contributed by atoms with E-state index in [9.17, 15) is 14.4 Å². The molecule has 7 heteroatoms. The number of alkyl carbamates (subject to hydrolysis) is 1. The lowest BCUT2D eigenvalue weighted by Crippen LogP contribution is -2.47. The van der Waals surface area contributed by atoms with E-state index in [0.29, 0.717) is 19.5 Å². The van der Waals surface area contributed by atoms with Crippen LogP contribution in [0.5, 0.6) is 0 Å². The van der Waals surface area contributed by atoms with Crippen LogP contribution in [0.3, 0.4) is 0 Å². The monoisotopic (exact) mass is 403 g/mol. The molecule has 0 unspecified atom stereocenters. The number of nitrogens with zero attached hydrogens (tertiary/aromatic N) is 1. The van der Waals surface area contributed by atoms with Crippen molar-refractivity contribution < 1.29 is 19.1 Å². The summed E-state index contributed by atoms with van der Waals surface area (Å²) in [6.45, 7) is 8.91. The molecule has 3 amide bonds. The highest BCUT2D eigenvalue weighted by Crippen LogP contribution is 2.13. The van der Waals surface area contributed by atoms with Crippen LogP contribution in [0.4, 0.5) is 4.79 Å². The van der Waals surface area contributed by atoms with Gasteiger partial charge in [0.05, 0.1) is 6.42 Å². The van der Waals surface area contributed by atoms with Gasteiger partial charge in [0.1, 0.15) is 5.60 Å². The van der Waals surface area contributed by atoms with Gasteiger partial charge in [-0.15, -0.1) is 0 Å². The van der Waals surface area contributed by atoms with Crippen LogP contribution in [0.2, 0.25) is 0 Å². The van der Waals surface area contributed by atoms with Gasteiger partial charge in [0.15, 0.2) is 0 Å². The van der Waals surface area contributed by atoms with E-state index in [1.54, 1.807) is 20.8 Å². The molecule has 1 heterocycles. The number of ether oxygens (including phenoxy) is 1. The van der Waals surface area contributed by atoms with E-state index in [1.807, 2.05) is 36.1 Å². The van der Waals surface area contributed by atoms with Crippen LogP contribution >= 0.6 is 0 Å². The molecule has 0 atom stereocenters. The van der Waals surface area contributed by atoms with Gasteiger partial charge in [-0.3, -0.25) is 9.59 Å². The second kappa shape index (κ2) is 10.3. The van der Waals surface area contributed by atoms with Crippen molar-refractivity contribution in [3.63, 3.8) is 0 Å². The first kappa shape index (κ1) is 22.7. The summed E-state index contributed by atoms with van der Waals surface area (Å²) >= 11 is 0. The Morgan fingerprint density at radius 2 is 1.86 bits per heavy atom. The lowest BCUT2D eigenvalue weighted by molar-refractivity contribution is -0.131. The Morgan fingerprint density at radius 3 is 2.48 bits per heavy atom. The van der Waals surface area contributed by atoms with Gasteiger partial charge in [-0.25, -0.2) is 4.79 Å². The first-order chi connectivity index (χ1) is 13.6. The van der Waals surface area contributed by atoms with Crippen LogP contribution < -0.4 is 10.6 Å². The van der Waals surface area contributed by atoms with Crippen molar-refractivity contribution in [3.05, 3.63) is 35.4 Å². The van der Waals surface area contributed by atoms with E-state index in [1.165, 1.54) is 0 Å². The van der Waals surface area contributed by atoms with E-state index in [2.05, 4.69) is 10.6 Å². The van der Waals surface area contributed by atoms with Gasteiger partial charge in [-0.05, 0) is 46.1 Å². The van der Waals surface area contributed by atoms with E-state index >= 15 is 0 Å². The molecule has 1 aliphatic heterocycles. The van der Waals surface area contributed by atoms with Crippen LogP contribution in [-0.4, -0.2) is 54.1 Å². The summed E-state index contributed by atoms with van der Waals surface area (Å²) in [5.74, 6) is 0.0209. The van der Waals surface area contributed by atoms with E-state index < -0.39 is 11.7 Å². The molecule has 1 saturated heterocycles. The number of benzene rings is 1. The van der Waals surface area contributed by atoms with Gasteiger partial charge in [0.2, 0.25) is 11.8 Å². The lowest BCUT2D eigenvalue weighted by Gasteiger charge is -2.32. The minimum Gasteiger partial charge on any atom is -0.444 e. The number of hydrogen-bond donors (Lipinski definition) is 2. The van der Waals surface area contributed by atoms with E-state index in [0.717, 1.165) is 24.0 Å². The van der Waals surface area contributed by atoms with Gasteiger partial charge in [0, 0.05) is 32.1 Å². The first-order valence-electron chi connectivity index (χ1n) is 10.2. The highest BCUT2D eigenvalue weighted by Gasteiger charge is 2.24. The minimum absolute atomic E-state index is 0.0621. The zero-order valence-electron chi connectivity index (χ0n) is 17.9. The molecular formula is C22H33N3O4. The molecule has 160 valence electrons. The molecule has 2 rings (SSSR count). The fourth-order valence-electron chi connectivity index (χ4n) is 3.27. The van der Waals surface area contributed by atoms with Crippen molar-refractivity contribution in [2.45, 2.75) is 65.0 Å². The Labute approximate surface area is 173 Å². The Bertz CT molecular complexity index is 719. The summed E-state index contributed by atoms with van der Waals surface area (Å²) in [6, 6.07) is 8.06. The zero-order valence-corrected chi connectivity index (χ0v) is 17.9. The van der Waals surface area contributed by atoms with Crippen LogP contribution in [0.25, 0.3) is 0 Å². The van der Waals surface area contributed by atoms with Crippen LogP contribution in [0.1, 0.15) is 51.2 Å². The van der Waals surface area contributed by atoms with E-state index in [-0.39, 0.29) is 30.8 Å². The van der Waals surface area contributed by atoms with Crippen molar-refractivity contribution in [3.8, 4) is 0 Å². The molecular weight excluding hydrogens is 370 g/mol. The molecule has 0 radical (unpaired) electrons. The number of rotatable bonds is 6. The number of piperidine rings is 1. The number of aryl methyl sites for hydroxylation is 1. The van der Waals surface area contributed by atoms with Gasteiger partial charge in [0.25, 0.3) is 0 Å². The maximum atomic E-state index is 12.5. The fourth-order valence-corrected chi connectivity index (χ4v) is 3.27. The first-order valence-corrected chi connectivity index (χ1v) is 10.2. The fraction of sp³-hybridized carbons (Fsp3) is 0.591. The quantitative estimate of drug-likeness (QED) is 0.764. The third-order valence-corrected chi connectivity index (χ3v) is 4.67. The second-order valence-electron chi connectivity index (χ2n) is 8.57. The Morgan fingerprint density at radius 1 is 1.17 bits per heavy atom. The molecule has 29 heavy (non-hydrogen) atoms. The molecule has 0 saturated carbocycles. The Kier molecular flexibility index (Phi) is 8.05.